The highest BCUT2D eigenvalue weighted by Gasteiger charge is 2.65. The van der Waals surface area contributed by atoms with Crippen molar-refractivity contribution >= 4 is 23.4 Å². The Morgan fingerprint density at radius 3 is 2.40 bits per heavy atom. The third kappa shape index (κ3) is 11.3. The summed E-state index contributed by atoms with van der Waals surface area (Å²) in [4.78, 5) is 34.4. The average molecular weight is 994 g/mol. The summed E-state index contributed by atoms with van der Waals surface area (Å²) in [5.41, 5.74) is 4.86. The van der Waals surface area contributed by atoms with Crippen LogP contribution in [0, 0.1) is 33.7 Å². The third-order valence-corrected chi connectivity index (χ3v) is 14.2. The molecule has 9 rings (SSSR count). The van der Waals surface area contributed by atoms with Gasteiger partial charge in [0, 0.05) is 61.4 Å². The largest absolute Gasteiger partial charge is 0.489 e. The van der Waals surface area contributed by atoms with Gasteiger partial charge in [-0.15, -0.1) is 6.58 Å². The Morgan fingerprint density at radius 2 is 1.63 bits per heavy atom. The predicted octanol–water partition coefficient (Wildman–Crippen LogP) is 10.6. The highest BCUT2D eigenvalue weighted by atomic mass is 19.1. The molecule has 14 nitrogen and oxygen atoms in total. The number of aliphatic hydroxyl groups is 2. The van der Waals surface area contributed by atoms with E-state index in [0.29, 0.717) is 59.1 Å². The molecule has 0 radical (unpaired) electrons. The molecule has 0 bridgehead atoms. The number of nitro benzene ring substituents is 1. The van der Waals surface area contributed by atoms with Crippen LogP contribution in [0.25, 0.3) is 6.08 Å². The number of hydrogen-bond donors (Lipinski definition) is 2. The molecule has 0 saturated heterocycles. The van der Waals surface area contributed by atoms with E-state index in [2.05, 4.69) is 12.7 Å². The van der Waals surface area contributed by atoms with E-state index in [9.17, 15) is 24.7 Å². The molecule has 1 amide bonds. The fraction of sp³-hybridized carbons (Fsp3) is 0.345. The van der Waals surface area contributed by atoms with Crippen LogP contribution in [0.15, 0.2) is 151 Å². The monoisotopic (exact) mass is 993 g/mol. The van der Waals surface area contributed by atoms with Gasteiger partial charge in [-0.1, -0.05) is 84.7 Å². The molecule has 0 aromatic heterocycles. The summed E-state index contributed by atoms with van der Waals surface area (Å²) in [7, 11) is 0. The maximum absolute atomic E-state index is 15.4. The Morgan fingerprint density at radius 1 is 0.877 bits per heavy atom. The summed E-state index contributed by atoms with van der Waals surface area (Å²) in [6.07, 6.45) is 11.3. The number of benzene rings is 5. The van der Waals surface area contributed by atoms with E-state index in [1.807, 2.05) is 60.7 Å². The molecule has 5 aromatic carbocycles. The van der Waals surface area contributed by atoms with Gasteiger partial charge in [0.05, 0.1) is 23.2 Å². The number of allylic oxidation sites excluding steroid dienone is 1. The van der Waals surface area contributed by atoms with Gasteiger partial charge in [-0.3, -0.25) is 14.9 Å². The quantitative estimate of drug-likeness (QED) is 0.0210. The van der Waals surface area contributed by atoms with Crippen LogP contribution in [0.4, 0.5) is 10.1 Å². The molecular weight excluding hydrogens is 934 g/mol. The first kappa shape index (κ1) is 50.6. The Hall–Kier alpha value is -7.33. The lowest BCUT2D eigenvalue weighted by molar-refractivity contribution is -0.384. The topological polar surface area (TPSA) is 172 Å². The molecule has 2 N–H and O–H groups in total. The SMILES string of the molecule is C=CCO[C@@]12Oc3ccc(OCc4ccccc4F)cc3[C@H]3[C@H](CCCCO)[C@@H](CCCCO)C=C(C(=NOCc4ccccc4)C[C@@H]1N(Cc1ccc4c(c1)OCO4)C(=O)C=Cc1ccc([N+](=O)[O-])cc1)[C@H]32. The molecule has 2 aliphatic carbocycles. The molecule has 2 heterocycles. The smallest absolute Gasteiger partial charge is 0.269 e. The van der Waals surface area contributed by atoms with Crippen molar-refractivity contribution < 1.29 is 52.8 Å². The second-order valence-electron chi connectivity index (χ2n) is 18.7. The molecule has 2 aliphatic heterocycles. The average Bonchev–Trinajstić information content (AvgIpc) is 3.88. The zero-order valence-corrected chi connectivity index (χ0v) is 40.6. The van der Waals surface area contributed by atoms with E-state index in [-0.39, 0.29) is 82.1 Å². The second kappa shape index (κ2) is 23.5. The van der Waals surface area contributed by atoms with Crippen molar-refractivity contribution in [1.82, 2.24) is 4.90 Å². The van der Waals surface area contributed by atoms with Crippen LogP contribution in [0.1, 0.15) is 78.7 Å². The molecule has 380 valence electrons. The minimum absolute atomic E-state index is 0.0103. The number of nitro groups is 1. The van der Waals surface area contributed by atoms with Crippen molar-refractivity contribution in [3.05, 3.63) is 189 Å². The van der Waals surface area contributed by atoms with Crippen molar-refractivity contribution in [2.75, 3.05) is 26.6 Å². The summed E-state index contributed by atoms with van der Waals surface area (Å²) < 4.78 is 47.4. The number of rotatable bonds is 23. The number of oxime groups is 1. The van der Waals surface area contributed by atoms with Gasteiger partial charge in [0.2, 0.25) is 18.5 Å². The Labute approximate surface area is 424 Å². The number of carbonyl (C=O) groups is 1. The lowest BCUT2D eigenvalue weighted by Gasteiger charge is -2.60. The summed E-state index contributed by atoms with van der Waals surface area (Å²) >= 11 is 0. The summed E-state index contributed by atoms with van der Waals surface area (Å²) in [5, 5.41) is 36.6. The molecule has 73 heavy (non-hydrogen) atoms. The minimum atomic E-state index is -1.59. The van der Waals surface area contributed by atoms with Crippen LogP contribution in [0.2, 0.25) is 0 Å². The van der Waals surface area contributed by atoms with Crippen LogP contribution in [-0.2, 0) is 34.1 Å². The zero-order chi connectivity index (χ0) is 50.7. The number of fused-ring (bicyclic) bond motifs is 3. The number of carbonyl (C=O) groups excluding carboxylic acids is 1. The van der Waals surface area contributed by atoms with Crippen molar-refractivity contribution in [2.45, 2.75) is 82.5 Å². The third-order valence-electron chi connectivity index (χ3n) is 14.2. The fourth-order valence-corrected chi connectivity index (χ4v) is 10.8. The fourth-order valence-electron chi connectivity index (χ4n) is 10.8. The van der Waals surface area contributed by atoms with Crippen molar-refractivity contribution in [2.24, 2.45) is 22.9 Å². The summed E-state index contributed by atoms with van der Waals surface area (Å²) in [5.74, 6) is -1.30. The Kier molecular flexibility index (Phi) is 16.3. The van der Waals surface area contributed by atoms with Gasteiger partial charge in [0.15, 0.2) is 11.5 Å². The Balaban J connectivity index is 1.23. The van der Waals surface area contributed by atoms with E-state index < -0.39 is 28.6 Å². The molecule has 0 unspecified atom stereocenters. The van der Waals surface area contributed by atoms with Crippen molar-refractivity contribution in [3.8, 4) is 23.0 Å². The molecule has 4 aliphatic rings. The molecule has 1 saturated carbocycles. The van der Waals surface area contributed by atoms with E-state index in [4.69, 9.17) is 33.7 Å². The lowest BCUT2D eigenvalue weighted by Crippen LogP contribution is -2.70. The van der Waals surface area contributed by atoms with E-state index in [1.54, 1.807) is 53.5 Å². The zero-order valence-electron chi connectivity index (χ0n) is 40.6. The van der Waals surface area contributed by atoms with E-state index in [0.717, 1.165) is 41.5 Å². The number of hydrogen-bond acceptors (Lipinski definition) is 12. The van der Waals surface area contributed by atoms with Gasteiger partial charge in [0.1, 0.15) is 36.6 Å². The van der Waals surface area contributed by atoms with Crippen molar-refractivity contribution in [3.63, 3.8) is 0 Å². The summed E-state index contributed by atoms with van der Waals surface area (Å²) in [6.45, 7) is 4.47. The van der Waals surface area contributed by atoms with Crippen LogP contribution < -0.4 is 18.9 Å². The minimum Gasteiger partial charge on any atom is -0.489 e. The lowest BCUT2D eigenvalue weighted by atomic mass is 9.55. The highest BCUT2D eigenvalue weighted by Crippen LogP contribution is 2.62. The molecule has 0 spiro atoms. The van der Waals surface area contributed by atoms with Gasteiger partial charge in [-0.25, -0.2) is 4.39 Å². The first-order chi connectivity index (χ1) is 35.7. The van der Waals surface area contributed by atoms with Crippen molar-refractivity contribution in [1.29, 1.82) is 0 Å². The van der Waals surface area contributed by atoms with Crippen LogP contribution in [0.3, 0.4) is 0 Å². The first-order valence-corrected chi connectivity index (χ1v) is 24.9. The maximum Gasteiger partial charge on any atom is 0.269 e. The molecule has 1 fully saturated rings. The normalized spacial score (nSPS) is 21.9. The summed E-state index contributed by atoms with van der Waals surface area (Å²) in [6, 6.07) is 32.4. The van der Waals surface area contributed by atoms with Gasteiger partial charge < -0.3 is 43.6 Å². The molecular formula is C58H60FN3O11. The number of halogens is 1. The van der Waals surface area contributed by atoms with E-state index >= 15 is 4.79 Å². The highest BCUT2D eigenvalue weighted by molar-refractivity contribution is 6.03. The van der Waals surface area contributed by atoms with Gasteiger partial charge in [0.25, 0.3) is 5.69 Å². The van der Waals surface area contributed by atoms with Gasteiger partial charge in [-0.05, 0) is 114 Å². The van der Waals surface area contributed by atoms with Crippen LogP contribution in [0.5, 0.6) is 23.0 Å². The number of nitrogens with zero attached hydrogens (tertiary/aromatic N) is 3. The Bertz CT molecular complexity index is 2840. The molecule has 6 atom stereocenters. The van der Waals surface area contributed by atoms with Crippen LogP contribution in [-0.4, -0.2) is 70.1 Å². The molecule has 15 heteroatoms. The van der Waals surface area contributed by atoms with Gasteiger partial charge >= 0.3 is 0 Å². The standard InChI is InChI=1S/C58H60FN3O11/c1-2-30-71-58-54(61(35-41-20-25-52-53(31-41)70-38-69-52)55(65)27-21-39-18-22-44(23-19-39)62(66)67)34-50(60-72-36-40-12-4-3-5-13-40)47-32-42(14-8-10-28-63)46(16-9-11-29-64)56(57(47)58)48-33-45(24-26-51(48)73-58)68-37-43-15-6-7-17-49(43)59/h2-7,12-13,15,17-27,31-33,42,46,54,56-57,63-64H,1,8-11,14,16,28-30,34-38H2/t42-,46+,54-,56+,57+,58+/m0/s1. The molecule has 5 aromatic rings. The van der Waals surface area contributed by atoms with Gasteiger partial charge in [-0.2, -0.15) is 0 Å². The first-order valence-electron chi connectivity index (χ1n) is 24.9. The number of non-ortho nitro benzene ring substituents is 1. The van der Waals surface area contributed by atoms with Crippen LogP contribution >= 0.6 is 0 Å². The second-order valence-corrected chi connectivity index (χ2v) is 18.7. The maximum atomic E-state index is 15.4. The van der Waals surface area contributed by atoms with E-state index in [1.165, 1.54) is 24.3 Å². The number of amides is 1. The number of aliphatic hydroxyl groups excluding tert-OH is 2. The number of unbranched alkanes of at least 4 members (excludes halogenated alkanes) is 2. The number of ether oxygens (including phenoxy) is 5. The predicted molar refractivity (Wildman–Crippen MR) is 272 cm³/mol.